The zero-order valence-electron chi connectivity index (χ0n) is 16.6. The Hall–Kier alpha value is -2.78. The van der Waals surface area contributed by atoms with Crippen LogP contribution in [-0.2, 0) is 19.8 Å². The summed E-state index contributed by atoms with van der Waals surface area (Å²) in [6.45, 7) is 1.21. The first-order chi connectivity index (χ1) is 14.9. The second kappa shape index (κ2) is 8.76. The summed E-state index contributed by atoms with van der Waals surface area (Å²) in [7, 11) is 0. The number of rotatable bonds is 3. The van der Waals surface area contributed by atoms with Crippen molar-refractivity contribution >= 4 is 28.8 Å². The number of esters is 1. The molecule has 31 heavy (non-hydrogen) atoms. The summed E-state index contributed by atoms with van der Waals surface area (Å²) in [4.78, 5) is 28.6. The van der Waals surface area contributed by atoms with E-state index in [-0.39, 0.29) is 24.0 Å². The van der Waals surface area contributed by atoms with Crippen LogP contribution in [0, 0.1) is 17.6 Å². The van der Waals surface area contributed by atoms with Crippen LogP contribution in [0.1, 0.15) is 29.3 Å². The fourth-order valence-electron chi connectivity index (χ4n) is 3.84. The summed E-state index contributed by atoms with van der Waals surface area (Å²) < 4.78 is 39.3. The Morgan fingerprint density at radius 3 is 2.71 bits per heavy atom. The number of carbonyl (C=O) groups is 2. The van der Waals surface area contributed by atoms with Crippen molar-refractivity contribution in [2.75, 3.05) is 12.4 Å². The molecule has 0 spiro atoms. The number of fused-ring (bicyclic) bond motifs is 1. The van der Waals surface area contributed by atoms with Gasteiger partial charge in [0.25, 0.3) is 5.91 Å². The van der Waals surface area contributed by atoms with Gasteiger partial charge in [-0.3, -0.25) is 9.59 Å². The number of amidine groups is 1. The average Bonchev–Trinajstić information content (AvgIpc) is 2.74. The molecular formula is C22H20F2N2O4S. The highest BCUT2D eigenvalue weighted by Crippen LogP contribution is 2.47. The zero-order chi connectivity index (χ0) is 22.0. The maximum atomic E-state index is 14.8. The van der Waals surface area contributed by atoms with Gasteiger partial charge in [0.15, 0.2) is 5.17 Å². The molecule has 6 nitrogen and oxygen atoms in total. The van der Waals surface area contributed by atoms with Crippen LogP contribution in [0.3, 0.4) is 0 Å². The molecule has 2 aromatic carbocycles. The molecule has 0 saturated carbocycles. The minimum atomic E-state index is -1.18. The van der Waals surface area contributed by atoms with Gasteiger partial charge in [-0.1, -0.05) is 36.0 Å². The lowest BCUT2D eigenvalue weighted by molar-refractivity contribution is -0.201. The highest BCUT2D eigenvalue weighted by Gasteiger charge is 2.50. The molecule has 2 aliphatic rings. The van der Waals surface area contributed by atoms with Gasteiger partial charge in [0.05, 0.1) is 6.61 Å². The smallest absolute Gasteiger partial charge is 0.304 e. The number of hydrogen-bond donors (Lipinski definition) is 1. The van der Waals surface area contributed by atoms with Crippen molar-refractivity contribution in [2.24, 2.45) is 10.9 Å². The molecule has 2 aromatic rings. The van der Waals surface area contributed by atoms with Gasteiger partial charge in [0, 0.05) is 42.2 Å². The number of nitrogens with zero attached hydrogens (tertiary/aromatic N) is 1. The van der Waals surface area contributed by atoms with Gasteiger partial charge in [0.1, 0.15) is 17.2 Å². The Morgan fingerprint density at radius 2 is 2.00 bits per heavy atom. The van der Waals surface area contributed by atoms with Crippen LogP contribution >= 0.6 is 11.8 Å². The molecule has 0 radical (unpaired) electrons. The number of amides is 1. The maximum absolute atomic E-state index is 14.8. The summed E-state index contributed by atoms with van der Waals surface area (Å²) in [6, 6.07) is 12.0. The summed E-state index contributed by atoms with van der Waals surface area (Å²) in [5.41, 5.74) is -0.546. The fourth-order valence-corrected chi connectivity index (χ4v) is 5.01. The first-order valence-corrected chi connectivity index (χ1v) is 10.7. The first kappa shape index (κ1) is 21.5. The molecule has 4 rings (SSSR count). The van der Waals surface area contributed by atoms with Gasteiger partial charge < -0.3 is 14.8 Å². The average molecular weight is 446 g/mol. The lowest BCUT2D eigenvalue weighted by Gasteiger charge is -2.46. The highest BCUT2D eigenvalue weighted by molar-refractivity contribution is 8.13. The standard InChI is InChI=1S/C22H20F2N2O4S/c1-13(27)30-19-9-15-11-31-21(25-20(28)14-5-3-2-4-6-14)26-22(15,12-29-19)17-8-7-16(23)10-18(17)24/h2-8,10,15,19H,9,11-12H2,1H3,(H,25,26,28). The number of benzene rings is 2. The third-order valence-electron chi connectivity index (χ3n) is 5.32. The molecule has 9 heteroatoms. The van der Waals surface area contributed by atoms with E-state index in [0.717, 1.165) is 6.07 Å². The van der Waals surface area contributed by atoms with Crippen molar-refractivity contribution in [3.05, 3.63) is 71.3 Å². The van der Waals surface area contributed by atoms with Crippen molar-refractivity contribution in [3.8, 4) is 0 Å². The van der Waals surface area contributed by atoms with Gasteiger partial charge in [-0.2, -0.15) is 0 Å². The molecule has 1 fully saturated rings. The molecule has 3 unspecified atom stereocenters. The van der Waals surface area contributed by atoms with Gasteiger partial charge >= 0.3 is 5.97 Å². The molecule has 2 aliphatic heterocycles. The molecule has 2 heterocycles. The first-order valence-electron chi connectivity index (χ1n) is 9.71. The van der Waals surface area contributed by atoms with E-state index < -0.39 is 29.4 Å². The van der Waals surface area contributed by atoms with Crippen molar-refractivity contribution in [1.82, 2.24) is 5.32 Å². The van der Waals surface area contributed by atoms with E-state index in [0.29, 0.717) is 22.9 Å². The van der Waals surface area contributed by atoms with E-state index in [9.17, 15) is 18.4 Å². The zero-order valence-corrected chi connectivity index (χ0v) is 17.5. The van der Waals surface area contributed by atoms with Crippen LogP contribution in [-0.4, -0.2) is 35.7 Å². The monoisotopic (exact) mass is 446 g/mol. The van der Waals surface area contributed by atoms with Crippen LogP contribution in [0.5, 0.6) is 0 Å². The quantitative estimate of drug-likeness (QED) is 0.729. The SMILES string of the molecule is CC(=O)OC1CC2CSC(NC(=O)c3ccccc3)=NC2(c2ccc(F)cc2F)CO1. The van der Waals surface area contributed by atoms with Crippen molar-refractivity contribution in [3.63, 3.8) is 0 Å². The van der Waals surface area contributed by atoms with Crippen LogP contribution in [0.4, 0.5) is 8.78 Å². The molecule has 1 saturated heterocycles. The Bertz CT molecular complexity index is 1030. The van der Waals surface area contributed by atoms with Gasteiger partial charge in [0.2, 0.25) is 6.29 Å². The third kappa shape index (κ3) is 4.47. The number of halogens is 2. The Morgan fingerprint density at radius 1 is 1.23 bits per heavy atom. The molecular weight excluding hydrogens is 426 g/mol. The Kier molecular flexibility index (Phi) is 6.06. The Balaban J connectivity index is 1.68. The molecule has 1 N–H and O–H groups in total. The fraction of sp³-hybridized carbons (Fsp3) is 0.318. The molecule has 0 aromatic heterocycles. The van der Waals surface area contributed by atoms with E-state index in [1.54, 1.807) is 30.3 Å². The number of ether oxygens (including phenoxy) is 2. The third-order valence-corrected chi connectivity index (χ3v) is 6.35. The van der Waals surface area contributed by atoms with Crippen LogP contribution in [0.15, 0.2) is 53.5 Å². The van der Waals surface area contributed by atoms with Crippen molar-refractivity contribution < 1.29 is 27.8 Å². The summed E-state index contributed by atoms with van der Waals surface area (Å²) in [5, 5.41) is 3.10. The predicted molar refractivity (Wildman–Crippen MR) is 111 cm³/mol. The van der Waals surface area contributed by atoms with Gasteiger partial charge in [-0.05, 0) is 18.2 Å². The predicted octanol–water partition coefficient (Wildman–Crippen LogP) is 3.62. The van der Waals surface area contributed by atoms with Gasteiger partial charge in [-0.15, -0.1) is 0 Å². The summed E-state index contributed by atoms with van der Waals surface area (Å²) in [5.74, 6) is -2.04. The number of carbonyl (C=O) groups excluding carboxylic acids is 2. The molecule has 0 aliphatic carbocycles. The topological polar surface area (TPSA) is 77.0 Å². The van der Waals surface area contributed by atoms with E-state index in [1.165, 1.54) is 30.8 Å². The molecule has 1 amide bonds. The number of aliphatic imine (C=N–C) groups is 1. The molecule has 162 valence electrons. The largest absolute Gasteiger partial charge is 0.436 e. The summed E-state index contributed by atoms with van der Waals surface area (Å²) in [6.07, 6.45) is -0.470. The minimum absolute atomic E-state index is 0.0799. The van der Waals surface area contributed by atoms with Crippen molar-refractivity contribution in [2.45, 2.75) is 25.2 Å². The van der Waals surface area contributed by atoms with E-state index in [2.05, 4.69) is 5.32 Å². The Labute approximate surface area is 182 Å². The second-order valence-electron chi connectivity index (χ2n) is 7.38. The normalized spacial score (nSPS) is 25.2. The van der Waals surface area contributed by atoms with Crippen molar-refractivity contribution in [1.29, 1.82) is 0 Å². The molecule has 0 bridgehead atoms. The maximum Gasteiger partial charge on any atom is 0.304 e. The van der Waals surface area contributed by atoms with E-state index in [1.807, 2.05) is 0 Å². The number of nitrogens with one attached hydrogen (secondary N) is 1. The summed E-state index contributed by atoms with van der Waals surface area (Å²) >= 11 is 1.32. The van der Waals surface area contributed by atoms with E-state index >= 15 is 0 Å². The van der Waals surface area contributed by atoms with Crippen LogP contribution in [0.25, 0.3) is 0 Å². The lowest BCUT2D eigenvalue weighted by atomic mass is 9.76. The lowest BCUT2D eigenvalue weighted by Crippen LogP contribution is -2.52. The number of thioether (sulfide) groups is 1. The number of hydrogen-bond acceptors (Lipinski definition) is 6. The van der Waals surface area contributed by atoms with Crippen LogP contribution in [0.2, 0.25) is 0 Å². The van der Waals surface area contributed by atoms with Crippen LogP contribution < -0.4 is 5.32 Å². The minimum Gasteiger partial charge on any atom is -0.436 e. The van der Waals surface area contributed by atoms with E-state index in [4.69, 9.17) is 14.5 Å². The molecule has 3 atom stereocenters. The highest BCUT2D eigenvalue weighted by atomic mass is 32.2. The second-order valence-corrected chi connectivity index (χ2v) is 8.39. The van der Waals surface area contributed by atoms with Gasteiger partial charge in [-0.25, -0.2) is 13.8 Å².